The number of ether oxygens (including phenoxy) is 1. The van der Waals surface area contributed by atoms with Crippen LogP contribution in [0.25, 0.3) is 22.3 Å². The standard InChI is InChI=1S/C26H28N4O2/c1-29-10-9-17(12-25(29)31)16-3-6-22-18(11-16)15-32-26-23(22)7-8-24(28-26)30(2)21-13-19-4-5-20(14-21)27-19/h3,6-12,19-21,27H,4-5,13-15H2,1-2H3. The second-order valence-corrected chi connectivity index (χ2v) is 9.42. The molecule has 2 aromatic heterocycles. The Bertz CT molecular complexity index is 1240. The number of rotatable bonds is 3. The highest BCUT2D eigenvalue weighted by atomic mass is 16.5. The Morgan fingerprint density at radius 3 is 2.56 bits per heavy atom. The number of piperidine rings is 1. The van der Waals surface area contributed by atoms with Gasteiger partial charge in [0.2, 0.25) is 5.88 Å². The van der Waals surface area contributed by atoms with Gasteiger partial charge in [-0.3, -0.25) is 4.79 Å². The van der Waals surface area contributed by atoms with Crippen molar-refractivity contribution in [2.75, 3.05) is 11.9 Å². The number of anilines is 1. The predicted molar refractivity (Wildman–Crippen MR) is 126 cm³/mol. The van der Waals surface area contributed by atoms with Gasteiger partial charge in [-0.15, -0.1) is 0 Å². The molecule has 1 aromatic carbocycles. The second kappa shape index (κ2) is 7.48. The van der Waals surface area contributed by atoms with Gasteiger partial charge >= 0.3 is 0 Å². The maximum Gasteiger partial charge on any atom is 0.250 e. The highest BCUT2D eigenvalue weighted by Gasteiger charge is 2.35. The fourth-order valence-corrected chi connectivity index (χ4v) is 5.50. The van der Waals surface area contributed by atoms with E-state index < -0.39 is 0 Å². The highest BCUT2D eigenvalue weighted by Crippen LogP contribution is 2.40. The van der Waals surface area contributed by atoms with Gasteiger partial charge in [-0.1, -0.05) is 12.1 Å². The van der Waals surface area contributed by atoms with Crippen molar-refractivity contribution >= 4 is 5.82 Å². The Labute approximate surface area is 187 Å². The summed E-state index contributed by atoms with van der Waals surface area (Å²) >= 11 is 0. The van der Waals surface area contributed by atoms with Gasteiger partial charge < -0.3 is 19.5 Å². The van der Waals surface area contributed by atoms with Crippen LogP contribution in [0.3, 0.4) is 0 Å². The van der Waals surface area contributed by atoms with Crippen LogP contribution >= 0.6 is 0 Å². The second-order valence-electron chi connectivity index (χ2n) is 9.42. The van der Waals surface area contributed by atoms with Crippen LogP contribution in [-0.2, 0) is 13.7 Å². The Hall–Kier alpha value is -3.12. The van der Waals surface area contributed by atoms with Crippen molar-refractivity contribution < 1.29 is 4.74 Å². The molecule has 2 unspecified atom stereocenters. The molecule has 0 radical (unpaired) electrons. The molecular weight excluding hydrogens is 400 g/mol. The van der Waals surface area contributed by atoms with Gasteiger partial charge in [-0.2, -0.15) is 4.98 Å². The first-order chi connectivity index (χ1) is 15.5. The number of hydrogen-bond donors (Lipinski definition) is 1. The normalized spacial score (nSPS) is 23.2. The molecule has 2 bridgehead atoms. The van der Waals surface area contributed by atoms with Gasteiger partial charge in [0.15, 0.2) is 0 Å². The first-order valence-electron chi connectivity index (χ1n) is 11.5. The van der Waals surface area contributed by atoms with E-state index in [2.05, 4.69) is 47.6 Å². The van der Waals surface area contributed by atoms with Crippen molar-refractivity contribution in [1.82, 2.24) is 14.9 Å². The Balaban J connectivity index is 1.28. The summed E-state index contributed by atoms with van der Waals surface area (Å²) in [5.41, 5.74) is 5.24. The molecule has 0 amide bonds. The molecule has 6 nitrogen and oxygen atoms in total. The van der Waals surface area contributed by atoms with E-state index in [9.17, 15) is 4.79 Å². The van der Waals surface area contributed by atoms with Gasteiger partial charge in [0.1, 0.15) is 12.4 Å². The lowest BCUT2D eigenvalue weighted by Gasteiger charge is -2.36. The van der Waals surface area contributed by atoms with E-state index in [1.54, 1.807) is 23.9 Å². The minimum absolute atomic E-state index is 0.00980. The van der Waals surface area contributed by atoms with Gasteiger partial charge in [0, 0.05) is 50.0 Å². The van der Waals surface area contributed by atoms with Crippen molar-refractivity contribution in [3.8, 4) is 28.1 Å². The molecule has 0 aliphatic carbocycles. The molecular formula is C26H28N4O2. The summed E-state index contributed by atoms with van der Waals surface area (Å²) < 4.78 is 7.68. The number of nitrogens with one attached hydrogen (secondary N) is 1. The maximum atomic E-state index is 12.0. The van der Waals surface area contributed by atoms with Crippen LogP contribution in [0.1, 0.15) is 31.2 Å². The number of fused-ring (bicyclic) bond motifs is 5. The van der Waals surface area contributed by atoms with Gasteiger partial charge in [0.25, 0.3) is 5.56 Å². The van der Waals surface area contributed by atoms with E-state index in [1.165, 1.54) is 25.7 Å². The Kier molecular flexibility index (Phi) is 4.57. The van der Waals surface area contributed by atoms with Crippen LogP contribution in [0.4, 0.5) is 5.82 Å². The van der Waals surface area contributed by atoms with Gasteiger partial charge in [0.05, 0.1) is 0 Å². The first kappa shape index (κ1) is 19.6. The lowest BCUT2D eigenvalue weighted by atomic mass is 9.94. The molecule has 0 spiro atoms. The van der Waals surface area contributed by atoms with Crippen molar-refractivity contribution in [3.05, 3.63) is 64.6 Å². The maximum absolute atomic E-state index is 12.0. The zero-order valence-corrected chi connectivity index (χ0v) is 18.5. The molecule has 3 aliphatic heterocycles. The number of pyridine rings is 2. The largest absolute Gasteiger partial charge is 0.472 e. The third-order valence-corrected chi connectivity index (χ3v) is 7.40. The minimum Gasteiger partial charge on any atom is -0.472 e. The van der Waals surface area contributed by atoms with E-state index in [4.69, 9.17) is 9.72 Å². The van der Waals surface area contributed by atoms with Crippen molar-refractivity contribution in [3.63, 3.8) is 0 Å². The predicted octanol–water partition coefficient (Wildman–Crippen LogP) is 3.73. The average Bonchev–Trinajstić information content (AvgIpc) is 3.16. The van der Waals surface area contributed by atoms with Gasteiger partial charge in [-0.25, -0.2) is 0 Å². The zero-order chi connectivity index (χ0) is 21.8. The lowest BCUT2D eigenvalue weighted by Crippen LogP contribution is -2.47. The molecule has 2 atom stereocenters. The SMILES string of the molecule is CN(c1ccc2c(n1)OCc1cc(-c3ccn(C)c(=O)c3)ccc1-2)C1CC2CCC(C1)N2. The average molecular weight is 429 g/mol. The van der Waals surface area contributed by atoms with Crippen molar-refractivity contribution in [2.24, 2.45) is 7.05 Å². The van der Waals surface area contributed by atoms with Crippen molar-refractivity contribution in [2.45, 2.75) is 50.4 Å². The van der Waals surface area contributed by atoms with E-state index in [0.717, 1.165) is 33.6 Å². The molecule has 5 heterocycles. The molecule has 1 N–H and O–H groups in total. The summed E-state index contributed by atoms with van der Waals surface area (Å²) in [5.74, 6) is 1.69. The van der Waals surface area contributed by atoms with Crippen LogP contribution in [0.15, 0.2) is 53.5 Å². The zero-order valence-electron chi connectivity index (χ0n) is 18.5. The van der Waals surface area contributed by atoms with Crippen LogP contribution in [-0.4, -0.2) is 34.7 Å². The van der Waals surface area contributed by atoms with Crippen molar-refractivity contribution in [1.29, 1.82) is 0 Å². The smallest absolute Gasteiger partial charge is 0.250 e. The fourth-order valence-electron chi connectivity index (χ4n) is 5.50. The first-order valence-corrected chi connectivity index (χ1v) is 11.5. The monoisotopic (exact) mass is 428 g/mol. The minimum atomic E-state index is -0.00980. The molecule has 32 heavy (non-hydrogen) atoms. The quantitative estimate of drug-likeness (QED) is 0.689. The molecule has 6 rings (SSSR count). The molecule has 3 aliphatic rings. The third-order valence-electron chi connectivity index (χ3n) is 7.40. The summed E-state index contributed by atoms with van der Waals surface area (Å²) in [7, 11) is 3.93. The van der Waals surface area contributed by atoms with E-state index in [1.807, 2.05) is 6.07 Å². The van der Waals surface area contributed by atoms with Crippen LogP contribution < -0.4 is 20.5 Å². The molecule has 3 aromatic rings. The number of aryl methyl sites for hydroxylation is 1. The summed E-state index contributed by atoms with van der Waals surface area (Å²) in [4.78, 5) is 19.3. The number of hydrogen-bond acceptors (Lipinski definition) is 5. The van der Waals surface area contributed by atoms with Crippen LogP contribution in [0, 0.1) is 0 Å². The topological polar surface area (TPSA) is 59.4 Å². The molecule has 0 saturated carbocycles. The number of nitrogens with zero attached hydrogens (tertiary/aromatic N) is 3. The Morgan fingerprint density at radius 1 is 1.03 bits per heavy atom. The van der Waals surface area contributed by atoms with E-state index in [-0.39, 0.29) is 5.56 Å². The van der Waals surface area contributed by atoms with Gasteiger partial charge in [-0.05, 0) is 72.2 Å². The molecule has 2 fully saturated rings. The summed E-state index contributed by atoms with van der Waals surface area (Å²) in [6.45, 7) is 0.485. The third kappa shape index (κ3) is 3.30. The highest BCUT2D eigenvalue weighted by molar-refractivity contribution is 5.78. The number of aromatic nitrogens is 2. The summed E-state index contributed by atoms with van der Waals surface area (Å²) in [6, 6.07) is 16.1. The van der Waals surface area contributed by atoms with Crippen LogP contribution in [0.2, 0.25) is 0 Å². The van der Waals surface area contributed by atoms with E-state index >= 15 is 0 Å². The molecule has 164 valence electrons. The van der Waals surface area contributed by atoms with Crippen LogP contribution in [0.5, 0.6) is 5.88 Å². The summed E-state index contributed by atoms with van der Waals surface area (Å²) in [6.07, 6.45) is 6.76. The Morgan fingerprint density at radius 2 is 1.78 bits per heavy atom. The molecule has 2 saturated heterocycles. The molecule has 6 heteroatoms. The lowest BCUT2D eigenvalue weighted by molar-refractivity contribution is 0.289. The summed E-state index contributed by atoms with van der Waals surface area (Å²) in [5, 5.41) is 3.72. The van der Waals surface area contributed by atoms with E-state index in [0.29, 0.717) is 30.6 Å². The number of benzene rings is 1. The fraction of sp³-hybridized carbons (Fsp3) is 0.385.